The third kappa shape index (κ3) is 3.61. The van der Waals surface area contributed by atoms with Crippen molar-refractivity contribution >= 4 is 5.91 Å². The van der Waals surface area contributed by atoms with Gasteiger partial charge in [-0.25, -0.2) is 4.68 Å². The van der Waals surface area contributed by atoms with E-state index in [1.807, 2.05) is 27.7 Å². The maximum absolute atomic E-state index is 12.6. The summed E-state index contributed by atoms with van der Waals surface area (Å²) in [6.07, 6.45) is 2.36. The summed E-state index contributed by atoms with van der Waals surface area (Å²) in [6, 6.07) is 1.44. The highest BCUT2D eigenvalue weighted by molar-refractivity contribution is 5.77. The summed E-state index contributed by atoms with van der Waals surface area (Å²) in [5, 5.41) is 11.4. The molecule has 1 N–H and O–H groups in total. The Balaban J connectivity index is 1.40. The molecule has 2 aromatic heterocycles. The topological polar surface area (TPSA) is 112 Å². The highest BCUT2D eigenvalue weighted by Gasteiger charge is 2.71. The summed E-state index contributed by atoms with van der Waals surface area (Å²) in [4.78, 5) is 29.5. The molecule has 2 bridgehead atoms. The van der Waals surface area contributed by atoms with Crippen LogP contribution in [0.3, 0.4) is 0 Å². The van der Waals surface area contributed by atoms with Gasteiger partial charge in [0.1, 0.15) is 18.0 Å². The molecule has 3 aliphatic rings. The number of carbonyl (C=O) groups excluding carboxylic acids is 1. The van der Waals surface area contributed by atoms with Crippen LogP contribution in [0, 0.1) is 12.8 Å². The monoisotopic (exact) mass is 415 g/mol. The first-order valence-corrected chi connectivity index (χ1v) is 10.5. The number of nitrogens with one attached hydrogen (secondary N) is 1. The summed E-state index contributed by atoms with van der Waals surface area (Å²) in [5.41, 5.74) is 0.0108. The Bertz CT molecular complexity index is 1000. The Morgan fingerprint density at radius 2 is 2.00 bits per heavy atom. The van der Waals surface area contributed by atoms with Crippen LogP contribution in [-0.2, 0) is 16.8 Å². The maximum atomic E-state index is 12.6. The van der Waals surface area contributed by atoms with Gasteiger partial charge in [0.2, 0.25) is 11.8 Å². The van der Waals surface area contributed by atoms with Crippen LogP contribution >= 0.6 is 0 Å². The van der Waals surface area contributed by atoms with E-state index < -0.39 is 0 Å². The van der Waals surface area contributed by atoms with Crippen molar-refractivity contribution in [3.8, 4) is 5.75 Å². The van der Waals surface area contributed by atoms with E-state index >= 15 is 0 Å². The quantitative estimate of drug-likeness (QED) is 0.702. The Hall–Kier alpha value is -2.71. The number of ether oxygens (including phenoxy) is 1. The lowest BCUT2D eigenvalue weighted by molar-refractivity contribution is -0.142. The van der Waals surface area contributed by atoms with Crippen LogP contribution in [0.5, 0.6) is 5.75 Å². The largest absolute Gasteiger partial charge is 0.491 e. The van der Waals surface area contributed by atoms with Gasteiger partial charge in [-0.05, 0) is 32.1 Å². The van der Waals surface area contributed by atoms with E-state index in [0.29, 0.717) is 35.7 Å². The number of aryl methyl sites for hydroxylation is 1. The molecule has 9 heteroatoms. The zero-order chi connectivity index (χ0) is 21.7. The van der Waals surface area contributed by atoms with E-state index in [-0.39, 0.29) is 34.9 Å². The average molecular weight is 415 g/mol. The highest BCUT2D eigenvalue weighted by atomic mass is 16.5. The predicted octanol–water partition coefficient (Wildman–Crippen LogP) is 2.08. The van der Waals surface area contributed by atoms with Crippen molar-refractivity contribution in [2.75, 3.05) is 6.61 Å². The lowest BCUT2D eigenvalue weighted by atomic mass is 9.39. The Morgan fingerprint density at radius 1 is 1.30 bits per heavy atom. The van der Waals surface area contributed by atoms with Crippen LogP contribution in [0.15, 0.2) is 15.4 Å². The summed E-state index contributed by atoms with van der Waals surface area (Å²) < 4.78 is 12.3. The molecule has 3 aliphatic carbocycles. The Kier molecular flexibility index (Phi) is 4.94. The van der Waals surface area contributed by atoms with Crippen LogP contribution in [0.4, 0.5) is 0 Å². The Labute approximate surface area is 175 Å². The number of hydrogen-bond acceptors (Lipinski definition) is 7. The minimum absolute atomic E-state index is 0.0670. The van der Waals surface area contributed by atoms with E-state index in [2.05, 4.69) is 20.6 Å². The maximum Gasteiger partial charge on any atom is 0.270 e. The molecule has 30 heavy (non-hydrogen) atoms. The van der Waals surface area contributed by atoms with Crippen molar-refractivity contribution in [1.29, 1.82) is 0 Å². The second kappa shape index (κ2) is 7.21. The van der Waals surface area contributed by atoms with E-state index in [1.165, 1.54) is 10.7 Å². The van der Waals surface area contributed by atoms with E-state index in [4.69, 9.17) is 9.26 Å². The number of hydrogen-bond donors (Lipinski definition) is 1. The third-order valence-electron chi connectivity index (χ3n) is 5.82. The molecule has 0 radical (unpaired) electrons. The molecule has 3 fully saturated rings. The molecule has 0 atom stereocenters. The molecule has 9 nitrogen and oxygen atoms in total. The molecule has 1 amide bonds. The van der Waals surface area contributed by atoms with Gasteiger partial charge in [-0.2, -0.15) is 10.1 Å². The van der Waals surface area contributed by atoms with Gasteiger partial charge in [-0.3, -0.25) is 9.59 Å². The van der Waals surface area contributed by atoms with Crippen LogP contribution in [0.25, 0.3) is 0 Å². The lowest BCUT2D eigenvalue weighted by Crippen LogP contribution is -2.77. The van der Waals surface area contributed by atoms with Crippen LogP contribution in [0.1, 0.15) is 70.3 Å². The molecule has 0 spiro atoms. The molecule has 0 saturated heterocycles. The van der Waals surface area contributed by atoms with Crippen molar-refractivity contribution in [2.45, 2.75) is 77.3 Å². The van der Waals surface area contributed by atoms with Crippen LogP contribution < -0.4 is 15.6 Å². The lowest BCUT2D eigenvalue weighted by Gasteiger charge is -2.68. The van der Waals surface area contributed by atoms with Gasteiger partial charge < -0.3 is 14.6 Å². The van der Waals surface area contributed by atoms with Crippen LogP contribution in [-0.4, -0.2) is 38.0 Å². The molecular weight excluding hydrogens is 386 g/mol. The third-order valence-corrected chi connectivity index (χ3v) is 5.82. The van der Waals surface area contributed by atoms with Crippen molar-refractivity contribution in [2.24, 2.45) is 5.92 Å². The van der Waals surface area contributed by atoms with Gasteiger partial charge >= 0.3 is 0 Å². The van der Waals surface area contributed by atoms with E-state index in [9.17, 15) is 9.59 Å². The van der Waals surface area contributed by atoms with Crippen molar-refractivity contribution in [3.05, 3.63) is 33.8 Å². The summed E-state index contributed by atoms with van der Waals surface area (Å²) >= 11 is 0. The van der Waals surface area contributed by atoms with Crippen molar-refractivity contribution in [1.82, 2.24) is 25.2 Å². The normalized spacial score (nSPS) is 24.5. The number of carbonyl (C=O) groups is 1. The zero-order valence-corrected chi connectivity index (χ0v) is 18.2. The van der Waals surface area contributed by atoms with E-state index in [0.717, 1.165) is 19.3 Å². The number of aromatic nitrogens is 4. The minimum atomic E-state index is -0.344. The average Bonchev–Trinajstić information content (AvgIpc) is 3.02. The highest BCUT2D eigenvalue weighted by Crippen LogP contribution is 2.67. The second-order valence-corrected chi connectivity index (χ2v) is 9.54. The second-order valence-electron chi connectivity index (χ2n) is 9.54. The van der Waals surface area contributed by atoms with Gasteiger partial charge in [0, 0.05) is 17.5 Å². The molecule has 0 unspecified atom stereocenters. The standard InChI is InChI=1S/C21H29N5O4/c1-12(2)8-29-15-6-17(28)26(24-18(15)13(3)4)7-16(27)23-21-9-20(10-21,11-21)19-22-14(5)25-30-19/h6,12-13H,7-11H2,1-5H3,(H,23,27). The first-order valence-electron chi connectivity index (χ1n) is 10.5. The molecule has 2 aromatic rings. The predicted molar refractivity (Wildman–Crippen MR) is 108 cm³/mol. The van der Waals surface area contributed by atoms with Gasteiger partial charge in [-0.1, -0.05) is 32.9 Å². The fourth-order valence-corrected chi connectivity index (χ4v) is 4.51. The molecule has 2 heterocycles. The SMILES string of the molecule is Cc1noc(C23CC(NC(=O)Cn4nc(C(C)C)c(OCC(C)C)cc4=O)(C2)C3)n1. The zero-order valence-electron chi connectivity index (χ0n) is 18.2. The number of amides is 1. The fraction of sp³-hybridized carbons (Fsp3) is 0.667. The molecule has 3 saturated carbocycles. The number of rotatable bonds is 8. The van der Waals surface area contributed by atoms with Crippen molar-refractivity contribution < 1.29 is 14.1 Å². The Morgan fingerprint density at radius 3 is 2.57 bits per heavy atom. The van der Waals surface area contributed by atoms with Crippen LogP contribution in [0.2, 0.25) is 0 Å². The van der Waals surface area contributed by atoms with Gasteiger partial charge in [0.05, 0.1) is 12.0 Å². The smallest absolute Gasteiger partial charge is 0.270 e. The molecule has 162 valence electrons. The van der Waals surface area contributed by atoms with Gasteiger partial charge in [0.15, 0.2) is 5.82 Å². The van der Waals surface area contributed by atoms with E-state index in [1.54, 1.807) is 6.92 Å². The first-order chi connectivity index (χ1) is 14.1. The minimum Gasteiger partial charge on any atom is -0.491 e. The fourth-order valence-electron chi connectivity index (χ4n) is 4.51. The summed E-state index contributed by atoms with van der Waals surface area (Å²) in [6.45, 7) is 10.3. The van der Waals surface area contributed by atoms with Gasteiger partial charge in [0.25, 0.3) is 5.56 Å². The molecule has 5 rings (SSSR count). The molecular formula is C21H29N5O4. The summed E-state index contributed by atoms with van der Waals surface area (Å²) in [5.74, 6) is 1.97. The molecule has 0 aromatic carbocycles. The van der Waals surface area contributed by atoms with Crippen molar-refractivity contribution in [3.63, 3.8) is 0 Å². The van der Waals surface area contributed by atoms with Gasteiger partial charge in [-0.15, -0.1) is 0 Å². The summed E-state index contributed by atoms with van der Waals surface area (Å²) in [7, 11) is 0. The molecule has 0 aliphatic heterocycles. The number of nitrogens with zero attached hydrogens (tertiary/aromatic N) is 4. The first kappa shape index (κ1) is 20.6.